The summed E-state index contributed by atoms with van der Waals surface area (Å²) in [7, 11) is 0. The maximum Gasteiger partial charge on any atom is 0.141 e. The van der Waals surface area contributed by atoms with Gasteiger partial charge in [0.25, 0.3) is 0 Å². The Morgan fingerprint density at radius 2 is 2.11 bits per heavy atom. The summed E-state index contributed by atoms with van der Waals surface area (Å²) in [6, 6.07) is 1.13. The highest BCUT2D eigenvalue weighted by Crippen LogP contribution is 2.03. The Kier molecular flexibility index (Phi) is 1.47. The van der Waals surface area contributed by atoms with E-state index in [0.29, 0.717) is 0 Å². The largest absolute Gasteiger partial charge is 0.258 e. The van der Waals surface area contributed by atoms with Crippen molar-refractivity contribution in [3.05, 3.63) is 43.2 Å². The Hall–Kier alpha value is -0.920. The molecule has 1 rings (SSSR count). The molecule has 44 valence electrons. The SMILES string of the molecule is [CH]c1cc(F)cnc1[CH]. The molecule has 0 saturated heterocycles. The van der Waals surface area contributed by atoms with Crippen molar-refractivity contribution < 1.29 is 4.39 Å². The fourth-order valence-electron chi connectivity index (χ4n) is 0.466. The molecule has 0 aromatic carbocycles. The van der Waals surface area contributed by atoms with Gasteiger partial charge >= 0.3 is 0 Å². The third-order valence-corrected chi connectivity index (χ3v) is 0.916. The highest BCUT2D eigenvalue weighted by Gasteiger charge is 1.94. The van der Waals surface area contributed by atoms with Crippen molar-refractivity contribution in [2.45, 2.75) is 0 Å². The van der Waals surface area contributed by atoms with E-state index in [4.69, 9.17) is 13.8 Å². The average Bonchev–Trinajstić information content (AvgIpc) is 1.80. The first-order chi connectivity index (χ1) is 4.20. The molecule has 0 fully saturated rings. The van der Waals surface area contributed by atoms with Gasteiger partial charge in [-0.3, -0.25) is 4.98 Å². The summed E-state index contributed by atoms with van der Waals surface area (Å²) < 4.78 is 12.1. The van der Waals surface area contributed by atoms with Gasteiger partial charge in [0.05, 0.1) is 6.20 Å². The Balaban J connectivity index is 3.17. The maximum absolute atomic E-state index is 12.1. The first kappa shape index (κ1) is 6.20. The lowest BCUT2D eigenvalue weighted by atomic mass is 10.2. The van der Waals surface area contributed by atoms with Gasteiger partial charge in [-0.15, -0.1) is 0 Å². The predicted octanol–water partition coefficient (Wildman–Crippen LogP) is 1.34. The van der Waals surface area contributed by atoms with E-state index < -0.39 is 5.82 Å². The van der Waals surface area contributed by atoms with Crippen LogP contribution in [0.5, 0.6) is 0 Å². The highest BCUT2D eigenvalue weighted by molar-refractivity contribution is 5.24. The smallest absolute Gasteiger partial charge is 0.141 e. The summed E-state index contributed by atoms with van der Waals surface area (Å²) >= 11 is 0. The van der Waals surface area contributed by atoms with Gasteiger partial charge in [-0.2, -0.15) is 0 Å². The second-order valence-corrected chi connectivity index (χ2v) is 1.63. The topological polar surface area (TPSA) is 12.9 Å². The van der Waals surface area contributed by atoms with Gasteiger partial charge in [0, 0.05) is 19.5 Å². The molecule has 2 heteroatoms. The number of hydrogen-bond acceptors (Lipinski definition) is 1. The number of halogens is 1. The summed E-state index contributed by atoms with van der Waals surface area (Å²) in [5.41, 5.74) is 0.339. The fraction of sp³-hybridized carbons (Fsp3) is 0. The molecule has 0 spiro atoms. The van der Waals surface area contributed by atoms with E-state index in [2.05, 4.69) is 4.98 Å². The number of nitrogens with zero attached hydrogens (tertiary/aromatic N) is 1. The molecule has 9 heavy (non-hydrogen) atoms. The second kappa shape index (κ2) is 2.13. The number of hydrogen-bond donors (Lipinski definition) is 0. The molecule has 0 unspecified atom stereocenters. The van der Waals surface area contributed by atoms with Gasteiger partial charge < -0.3 is 0 Å². The van der Waals surface area contributed by atoms with E-state index >= 15 is 0 Å². The first-order valence-electron chi connectivity index (χ1n) is 2.36. The van der Waals surface area contributed by atoms with E-state index in [1.54, 1.807) is 0 Å². The van der Waals surface area contributed by atoms with E-state index in [1.165, 1.54) is 0 Å². The average molecular weight is 121 g/mol. The van der Waals surface area contributed by atoms with Crippen molar-refractivity contribution in [2.75, 3.05) is 0 Å². The monoisotopic (exact) mass is 121 g/mol. The molecule has 1 heterocycles. The summed E-state index contributed by atoms with van der Waals surface area (Å²) in [6.07, 6.45) is 1.02. The van der Waals surface area contributed by atoms with Crippen LogP contribution in [0.4, 0.5) is 4.39 Å². The molecular weight excluding hydrogens is 117 g/mol. The van der Waals surface area contributed by atoms with E-state index in [9.17, 15) is 4.39 Å². The van der Waals surface area contributed by atoms with Gasteiger partial charge in [0.15, 0.2) is 0 Å². The van der Waals surface area contributed by atoms with Crippen LogP contribution in [-0.4, -0.2) is 4.98 Å². The zero-order valence-electron chi connectivity index (χ0n) is 4.63. The lowest BCUT2D eigenvalue weighted by Gasteiger charge is -1.94. The molecule has 1 nitrogen and oxygen atoms in total. The predicted molar refractivity (Wildman–Crippen MR) is 31.0 cm³/mol. The van der Waals surface area contributed by atoms with Gasteiger partial charge in [0.1, 0.15) is 5.82 Å². The second-order valence-electron chi connectivity index (χ2n) is 1.63. The molecule has 0 saturated carbocycles. The zero-order chi connectivity index (χ0) is 6.85. The van der Waals surface area contributed by atoms with Crippen LogP contribution >= 0.6 is 0 Å². The maximum atomic E-state index is 12.1. The van der Waals surface area contributed by atoms with Gasteiger partial charge in [0.2, 0.25) is 0 Å². The lowest BCUT2D eigenvalue weighted by Crippen LogP contribution is -1.86. The number of pyridine rings is 1. The van der Waals surface area contributed by atoms with Crippen LogP contribution in [-0.2, 0) is 0 Å². The first-order valence-corrected chi connectivity index (χ1v) is 2.36. The summed E-state index contributed by atoms with van der Waals surface area (Å²) in [5, 5.41) is 0. The molecule has 0 bridgehead atoms. The van der Waals surface area contributed by atoms with Crippen LogP contribution in [0.2, 0.25) is 0 Å². The minimum absolute atomic E-state index is 0.163. The molecule has 4 radical (unpaired) electrons. The summed E-state index contributed by atoms with van der Waals surface area (Å²) in [4.78, 5) is 3.46. The van der Waals surface area contributed by atoms with Crippen LogP contribution in [0.3, 0.4) is 0 Å². The Morgan fingerprint density at radius 3 is 2.56 bits per heavy atom. The summed E-state index contributed by atoms with van der Waals surface area (Å²) in [6.45, 7) is 10.4. The van der Waals surface area contributed by atoms with Crippen LogP contribution < -0.4 is 0 Å². The van der Waals surface area contributed by atoms with Crippen molar-refractivity contribution >= 4 is 0 Å². The van der Waals surface area contributed by atoms with Crippen LogP contribution in [0.1, 0.15) is 11.3 Å². The van der Waals surface area contributed by atoms with Crippen molar-refractivity contribution in [3.8, 4) is 0 Å². The van der Waals surface area contributed by atoms with E-state index in [1.807, 2.05) is 0 Å². The summed E-state index contributed by atoms with van der Waals surface area (Å²) in [5.74, 6) is -0.471. The lowest BCUT2D eigenvalue weighted by molar-refractivity contribution is 0.620. The Labute approximate surface area is 53.5 Å². The fourth-order valence-corrected chi connectivity index (χ4v) is 0.466. The van der Waals surface area contributed by atoms with Crippen LogP contribution in [0.25, 0.3) is 0 Å². The van der Waals surface area contributed by atoms with Gasteiger partial charge in [-0.05, 0) is 11.6 Å². The van der Waals surface area contributed by atoms with Gasteiger partial charge in [-0.25, -0.2) is 4.39 Å². The molecule has 0 amide bonds. The highest BCUT2D eigenvalue weighted by atomic mass is 19.1. The molecule has 0 N–H and O–H groups in total. The van der Waals surface area contributed by atoms with E-state index in [0.717, 1.165) is 12.3 Å². The third-order valence-electron chi connectivity index (χ3n) is 0.916. The third kappa shape index (κ3) is 1.25. The minimum atomic E-state index is -0.471. The Morgan fingerprint density at radius 1 is 1.44 bits per heavy atom. The van der Waals surface area contributed by atoms with Crippen LogP contribution in [0.15, 0.2) is 12.3 Å². The quantitative estimate of drug-likeness (QED) is 0.504. The molecule has 1 aromatic heterocycles. The van der Waals surface area contributed by atoms with Crippen molar-refractivity contribution in [2.24, 2.45) is 0 Å². The van der Waals surface area contributed by atoms with Crippen molar-refractivity contribution in [3.63, 3.8) is 0 Å². The molecule has 1 aromatic rings. The molecule has 0 aliphatic carbocycles. The van der Waals surface area contributed by atoms with E-state index in [-0.39, 0.29) is 11.3 Å². The Bertz CT molecular complexity index is 220. The van der Waals surface area contributed by atoms with Crippen LogP contribution in [0, 0.1) is 19.7 Å². The number of aromatic nitrogens is 1. The molecule has 0 aliphatic heterocycles. The van der Waals surface area contributed by atoms with Crippen molar-refractivity contribution in [1.29, 1.82) is 0 Å². The molecule has 0 atom stereocenters. The molecular formula is C7H4FN. The minimum Gasteiger partial charge on any atom is -0.258 e. The van der Waals surface area contributed by atoms with Gasteiger partial charge in [-0.1, -0.05) is 0 Å². The normalized spacial score (nSPS) is 9.67. The standard InChI is InChI=1S/C7H4FN/c1-5-3-7(8)4-9-6(5)2/h1-4H. The number of rotatable bonds is 0. The molecule has 0 aliphatic rings. The van der Waals surface area contributed by atoms with Crippen molar-refractivity contribution in [1.82, 2.24) is 4.98 Å². The zero-order valence-corrected chi connectivity index (χ0v) is 4.63.